The van der Waals surface area contributed by atoms with Gasteiger partial charge in [0.05, 0.1) is 40.6 Å². The van der Waals surface area contributed by atoms with Gasteiger partial charge in [-0.1, -0.05) is 0 Å². The van der Waals surface area contributed by atoms with Crippen molar-refractivity contribution in [2.45, 2.75) is 6.04 Å². The summed E-state index contributed by atoms with van der Waals surface area (Å²) in [5, 5.41) is 3.07. The summed E-state index contributed by atoms with van der Waals surface area (Å²) < 4.78 is 23.6. The average molecular weight is 403 g/mol. The molecular weight excluding hydrogens is 374 g/mol. The number of morpholine rings is 1. The molecule has 1 saturated heterocycles. The summed E-state index contributed by atoms with van der Waals surface area (Å²) in [5.41, 5.74) is 1.60. The van der Waals surface area contributed by atoms with E-state index in [4.69, 9.17) is 18.9 Å². The van der Waals surface area contributed by atoms with Crippen LogP contribution in [0.2, 0.25) is 0 Å². The number of hydrogen-bond acceptors (Lipinski definition) is 6. The van der Waals surface area contributed by atoms with Crippen molar-refractivity contribution in [3.63, 3.8) is 0 Å². The van der Waals surface area contributed by atoms with Gasteiger partial charge < -0.3 is 28.8 Å². The van der Waals surface area contributed by atoms with E-state index in [9.17, 15) is 4.79 Å². The highest BCUT2D eigenvalue weighted by Gasteiger charge is 2.25. The highest BCUT2D eigenvalue weighted by Crippen LogP contribution is 2.38. The second-order valence-electron chi connectivity index (χ2n) is 6.83. The van der Waals surface area contributed by atoms with E-state index in [1.165, 1.54) is 21.3 Å². The molecular formula is C21H29N3O5. The lowest BCUT2D eigenvalue weighted by molar-refractivity contribution is 0.0148. The molecule has 1 aromatic carbocycles. The summed E-state index contributed by atoms with van der Waals surface area (Å²) in [6, 6.07) is 7.48. The topological polar surface area (TPSA) is 74.2 Å². The van der Waals surface area contributed by atoms with E-state index in [-0.39, 0.29) is 11.9 Å². The Kier molecular flexibility index (Phi) is 7.00. The molecule has 1 atom stereocenters. The average Bonchev–Trinajstić information content (AvgIpc) is 3.18. The third-order valence-corrected chi connectivity index (χ3v) is 5.19. The van der Waals surface area contributed by atoms with Crippen LogP contribution in [0.3, 0.4) is 0 Å². The molecule has 29 heavy (non-hydrogen) atoms. The fourth-order valence-electron chi connectivity index (χ4n) is 3.63. The molecule has 2 aromatic rings. The lowest BCUT2D eigenvalue weighted by Crippen LogP contribution is -2.44. The molecule has 8 nitrogen and oxygen atoms in total. The van der Waals surface area contributed by atoms with Crippen LogP contribution < -0.4 is 19.5 Å². The van der Waals surface area contributed by atoms with E-state index >= 15 is 0 Å². The molecule has 1 N–H and O–H groups in total. The van der Waals surface area contributed by atoms with E-state index in [0.717, 1.165) is 18.8 Å². The highest BCUT2D eigenvalue weighted by atomic mass is 16.5. The summed E-state index contributed by atoms with van der Waals surface area (Å²) in [4.78, 5) is 15.3. The van der Waals surface area contributed by atoms with Crippen molar-refractivity contribution in [1.29, 1.82) is 0 Å². The molecule has 1 aromatic heterocycles. The van der Waals surface area contributed by atoms with Gasteiger partial charge in [-0.05, 0) is 24.3 Å². The van der Waals surface area contributed by atoms with Crippen LogP contribution in [0.5, 0.6) is 17.2 Å². The zero-order chi connectivity index (χ0) is 20.8. The van der Waals surface area contributed by atoms with Gasteiger partial charge >= 0.3 is 0 Å². The summed E-state index contributed by atoms with van der Waals surface area (Å²) in [6.07, 6.45) is 2.02. The third-order valence-electron chi connectivity index (χ3n) is 5.19. The summed E-state index contributed by atoms with van der Waals surface area (Å²) in [6.45, 7) is 3.53. The van der Waals surface area contributed by atoms with Crippen LogP contribution in [-0.4, -0.2) is 69.6 Å². The Bertz CT molecular complexity index is 804. The minimum atomic E-state index is -0.197. The molecule has 0 bridgehead atoms. The zero-order valence-electron chi connectivity index (χ0n) is 17.4. The molecule has 0 saturated carbocycles. The van der Waals surface area contributed by atoms with E-state index in [1.54, 1.807) is 12.1 Å². The summed E-state index contributed by atoms with van der Waals surface area (Å²) in [5.74, 6) is 1.16. The van der Waals surface area contributed by atoms with Crippen LogP contribution in [0.25, 0.3) is 0 Å². The second-order valence-corrected chi connectivity index (χ2v) is 6.83. The Balaban J connectivity index is 1.79. The van der Waals surface area contributed by atoms with Gasteiger partial charge in [0.1, 0.15) is 0 Å². The molecule has 1 aliphatic rings. The molecule has 0 radical (unpaired) electrons. The molecule has 8 heteroatoms. The fraction of sp³-hybridized carbons (Fsp3) is 0.476. The molecule has 1 amide bonds. The number of nitrogens with zero attached hydrogens (tertiary/aromatic N) is 2. The van der Waals surface area contributed by atoms with Crippen molar-refractivity contribution in [3.05, 3.63) is 41.7 Å². The maximum absolute atomic E-state index is 12.9. The Morgan fingerprint density at radius 3 is 2.31 bits per heavy atom. The minimum absolute atomic E-state index is 0.0601. The predicted octanol–water partition coefficient (Wildman–Crippen LogP) is 1.85. The van der Waals surface area contributed by atoms with Crippen LogP contribution in [0, 0.1) is 0 Å². The van der Waals surface area contributed by atoms with Crippen LogP contribution >= 0.6 is 0 Å². The van der Waals surface area contributed by atoms with E-state index < -0.39 is 0 Å². The maximum Gasteiger partial charge on any atom is 0.251 e. The monoisotopic (exact) mass is 403 g/mol. The molecule has 3 rings (SSSR count). The van der Waals surface area contributed by atoms with Gasteiger partial charge in [-0.3, -0.25) is 9.69 Å². The largest absolute Gasteiger partial charge is 0.493 e. The Morgan fingerprint density at radius 1 is 1.14 bits per heavy atom. The number of carbonyl (C=O) groups excluding carboxylic acids is 1. The predicted molar refractivity (Wildman–Crippen MR) is 109 cm³/mol. The van der Waals surface area contributed by atoms with Crippen LogP contribution in [-0.2, 0) is 11.8 Å². The van der Waals surface area contributed by atoms with Gasteiger partial charge in [0.15, 0.2) is 11.5 Å². The first kappa shape index (κ1) is 21.0. The number of aromatic nitrogens is 1. The Hall–Kier alpha value is -2.71. The Labute approximate surface area is 171 Å². The van der Waals surface area contributed by atoms with E-state index in [0.29, 0.717) is 42.6 Å². The van der Waals surface area contributed by atoms with Crippen molar-refractivity contribution in [3.8, 4) is 17.2 Å². The van der Waals surface area contributed by atoms with Gasteiger partial charge in [0.2, 0.25) is 5.75 Å². The normalized spacial score (nSPS) is 15.6. The molecule has 0 aliphatic carbocycles. The first-order chi connectivity index (χ1) is 14.1. The number of aryl methyl sites for hydroxylation is 1. The van der Waals surface area contributed by atoms with Gasteiger partial charge in [-0.15, -0.1) is 0 Å². The quantitative estimate of drug-likeness (QED) is 0.725. The summed E-state index contributed by atoms with van der Waals surface area (Å²) >= 11 is 0. The standard InChI is InChI=1S/C21H29N3O5/c1-23-7-5-6-16(23)17(24-8-10-29-11-9-24)14-22-21(25)15-12-18(26-2)20(28-4)19(13-15)27-3/h5-7,12-13,17H,8-11,14H2,1-4H3,(H,22,25)/t17-/m0/s1. The lowest BCUT2D eigenvalue weighted by Gasteiger charge is -2.35. The molecule has 1 fully saturated rings. The molecule has 0 spiro atoms. The van der Waals surface area contributed by atoms with Gasteiger partial charge in [0.25, 0.3) is 5.91 Å². The van der Waals surface area contributed by atoms with Crippen LogP contribution in [0.15, 0.2) is 30.5 Å². The van der Waals surface area contributed by atoms with Gasteiger partial charge in [-0.2, -0.15) is 0 Å². The van der Waals surface area contributed by atoms with Crippen LogP contribution in [0.1, 0.15) is 22.1 Å². The molecule has 1 aliphatic heterocycles. The highest BCUT2D eigenvalue weighted by molar-refractivity contribution is 5.95. The van der Waals surface area contributed by atoms with Crippen molar-refractivity contribution in [1.82, 2.24) is 14.8 Å². The number of rotatable bonds is 8. The Morgan fingerprint density at radius 2 is 1.79 bits per heavy atom. The minimum Gasteiger partial charge on any atom is -0.493 e. The number of methoxy groups -OCH3 is 3. The first-order valence-corrected chi connectivity index (χ1v) is 9.60. The number of benzene rings is 1. The zero-order valence-corrected chi connectivity index (χ0v) is 17.4. The number of ether oxygens (including phenoxy) is 4. The number of carbonyl (C=O) groups is 1. The number of amides is 1. The maximum atomic E-state index is 12.9. The molecule has 2 heterocycles. The molecule has 158 valence electrons. The van der Waals surface area contributed by atoms with Crippen molar-refractivity contribution in [2.24, 2.45) is 7.05 Å². The van der Waals surface area contributed by atoms with Gasteiger partial charge in [-0.25, -0.2) is 0 Å². The van der Waals surface area contributed by atoms with Crippen molar-refractivity contribution < 1.29 is 23.7 Å². The van der Waals surface area contributed by atoms with Gasteiger partial charge in [0, 0.05) is 44.1 Å². The van der Waals surface area contributed by atoms with E-state index in [1.807, 2.05) is 19.3 Å². The fourth-order valence-corrected chi connectivity index (χ4v) is 3.63. The van der Waals surface area contributed by atoms with Crippen molar-refractivity contribution >= 4 is 5.91 Å². The van der Waals surface area contributed by atoms with Crippen LogP contribution in [0.4, 0.5) is 0 Å². The third kappa shape index (κ3) is 4.65. The smallest absolute Gasteiger partial charge is 0.251 e. The SMILES string of the molecule is COc1cc(C(=O)NC[C@@H](c2cccn2C)N2CCOCC2)cc(OC)c1OC. The summed E-state index contributed by atoms with van der Waals surface area (Å²) in [7, 11) is 6.61. The van der Waals surface area contributed by atoms with Crippen molar-refractivity contribution in [2.75, 3.05) is 54.2 Å². The van der Waals surface area contributed by atoms with E-state index in [2.05, 4.69) is 20.9 Å². The number of nitrogens with one attached hydrogen (secondary N) is 1. The first-order valence-electron chi connectivity index (χ1n) is 9.60. The lowest BCUT2D eigenvalue weighted by atomic mass is 10.1. The number of hydrogen-bond donors (Lipinski definition) is 1. The second kappa shape index (κ2) is 9.67. The molecule has 0 unspecified atom stereocenters.